The van der Waals surface area contributed by atoms with Crippen LogP contribution >= 0.6 is 46.2 Å². The number of carbonyl (C=O) groups is 2. The number of rotatable bonds is 7. The molecule has 2 aromatic heterocycles. The molecule has 8 nitrogen and oxygen atoms in total. The van der Waals surface area contributed by atoms with E-state index in [1.165, 1.54) is 36.5 Å². The maximum Gasteiger partial charge on any atom is 0.223 e. The first-order valence-corrected chi connectivity index (χ1v) is 9.61. The number of hydrogen-bond acceptors (Lipinski definition) is 10. The zero-order valence-corrected chi connectivity index (χ0v) is 14.9. The molecule has 22 heavy (non-hydrogen) atoms. The summed E-state index contributed by atoms with van der Waals surface area (Å²) >= 11 is 5.82. The van der Waals surface area contributed by atoms with E-state index in [-0.39, 0.29) is 11.8 Å². The first kappa shape index (κ1) is 17.1. The monoisotopic (exact) mass is 376 g/mol. The van der Waals surface area contributed by atoms with Gasteiger partial charge in [0, 0.05) is 25.4 Å². The average molecular weight is 377 g/mol. The fourth-order valence-corrected chi connectivity index (χ4v) is 4.90. The topological polar surface area (TPSA) is 110 Å². The van der Waals surface area contributed by atoms with Crippen molar-refractivity contribution in [2.75, 3.05) is 22.1 Å². The van der Waals surface area contributed by atoms with Gasteiger partial charge in [-0.15, -0.1) is 20.4 Å². The van der Waals surface area contributed by atoms with E-state index in [9.17, 15) is 9.59 Å². The summed E-state index contributed by atoms with van der Waals surface area (Å²) in [6, 6.07) is 0. The molecular weight excluding hydrogens is 364 g/mol. The molecule has 12 heteroatoms. The van der Waals surface area contributed by atoms with Gasteiger partial charge in [0.1, 0.15) is 0 Å². The number of aromatic nitrogens is 4. The van der Waals surface area contributed by atoms with Crippen molar-refractivity contribution < 1.29 is 9.59 Å². The third-order valence-corrected chi connectivity index (χ3v) is 6.12. The summed E-state index contributed by atoms with van der Waals surface area (Å²) in [4.78, 5) is 21.8. The van der Waals surface area contributed by atoms with Gasteiger partial charge in [0.2, 0.25) is 22.1 Å². The molecule has 2 heterocycles. The van der Waals surface area contributed by atoms with Gasteiger partial charge < -0.3 is 10.6 Å². The third kappa shape index (κ3) is 5.87. The molecule has 0 radical (unpaired) electrons. The van der Waals surface area contributed by atoms with Gasteiger partial charge in [-0.2, -0.15) is 0 Å². The number of thioether (sulfide) groups is 2. The van der Waals surface area contributed by atoms with Crippen LogP contribution in [0.4, 0.5) is 10.3 Å². The minimum Gasteiger partial charge on any atom is -0.301 e. The Balaban J connectivity index is 1.70. The fraction of sp³-hybridized carbons (Fsp3) is 0.400. The van der Waals surface area contributed by atoms with Crippen LogP contribution in [-0.4, -0.2) is 43.7 Å². The highest BCUT2D eigenvalue weighted by Crippen LogP contribution is 2.29. The maximum atomic E-state index is 10.9. The number of nitrogens with zero attached hydrogens (tertiary/aromatic N) is 4. The molecular formula is C10H12N6O2S4. The summed E-state index contributed by atoms with van der Waals surface area (Å²) in [5, 5.41) is 21.9. The molecule has 0 fully saturated rings. The fourth-order valence-electron chi connectivity index (χ4n) is 1.20. The van der Waals surface area contributed by atoms with Crippen LogP contribution in [0.1, 0.15) is 13.8 Å². The molecule has 0 bridgehead atoms. The van der Waals surface area contributed by atoms with Crippen molar-refractivity contribution in [1.29, 1.82) is 0 Å². The molecule has 2 rings (SSSR count). The second kappa shape index (κ2) is 8.41. The predicted molar refractivity (Wildman–Crippen MR) is 89.9 cm³/mol. The Bertz CT molecular complexity index is 601. The molecule has 0 spiro atoms. The second-order valence-electron chi connectivity index (χ2n) is 3.81. The van der Waals surface area contributed by atoms with Crippen molar-refractivity contribution in [1.82, 2.24) is 20.4 Å². The van der Waals surface area contributed by atoms with Crippen LogP contribution in [0.2, 0.25) is 0 Å². The van der Waals surface area contributed by atoms with E-state index in [1.807, 2.05) is 0 Å². The molecule has 0 aliphatic heterocycles. The van der Waals surface area contributed by atoms with E-state index in [4.69, 9.17) is 0 Å². The van der Waals surface area contributed by atoms with Crippen LogP contribution in [0, 0.1) is 0 Å². The molecule has 0 aliphatic carbocycles. The van der Waals surface area contributed by atoms with Crippen molar-refractivity contribution in [2.45, 2.75) is 22.5 Å². The number of anilines is 2. The zero-order valence-electron chi connectivity index (χ0n) is 11.7. The van der Waals surface area contributed by atoms with Crippen LogP contribution < -0.4 is 10.6 Å². The van der Waals surface area contributed by atoms with E-state index in [0.29, 0.717) is 10.3 Å². The molecule has 0 unspecified atom stereocenters. The lowest BCUT2D eigenvalue weighted by Crippen LogP contribution is -2.04. The highest BCUT2D eigenvalue weighted by Gasteiger charge is 2.08. The SMILES string of the molecule is CC(=O)Nc1nnc(SCCSc2nnc(NC(C)=O)s2)s1. The quantitative estimate of drug-likeness (QED) is 0.430. The van der Waals surface area contributed by atoms with E-state index in [0.717, 1.165) is 20.2 Å². The predicted octanol–water partition coefficient (Wildman–Crippen LogP) is 2.19. The summed E-state index contributed by atoms with van der Waals surface area (Å²) in [5.74, 6) is 1.34. The van der Waals surface area contributed by atoms with Gasteiger partial charge >= 0.3 is 0 Å². The molecule has 0 aliphatic rings. The van der Waals surface area contributed by atoms with Crippen molar-refractivity contribution >= 4 is 68.3 Å². The van der Waals surface area contributed by atoms with Crippen molar-refractivity contribution in [3.63, 3.8) is 0 Å². The summed E-state index contributed by atoms with van der Waals surface area (Å²) in [5.41, 5.74) is 0. The lowest BCUT2D eigenvalue weighted by molar-refractivity contribution is -0.115. The summed E-state index contributed by atoms with van der Waals surface area (Å²) < 4.78 is 1.61. The molecule has 2 aromatic rings. The molecule has 0 saturated carbocycles. The summed E-state index contributed by atoms with van der Waals surface area (Å²) in [6.07, 6.45) is 0. The summed E-state index contributed by atoms with van der Waals surface area (Å²) in [7, 11) is 0. The van der Waals surface area contributed by atoms with Gasteiger partial charge in [-0.25, -0.2) is 0 Å². The minimum atomic E-state index is -0.158. The molecule has 0 saturated heterocycles. The van der Waals surface area contributed by atoms with Crippen LogP contribution in [0.3, 0.4) is 0 Å². The number of amides is 2. The average Bonchev–Trinajstić information content (AvgIpc) is 3.03. The zero-order chi connectivity index (χ0) is 15.9. The number of hydrogen-bond donors (Lipinski definition) is 2. The number of carbonyl (C=O) groups excluding carboxylic acids is 2. The normalized spacial score (nSPS) is 10.5. The second-order valence-corrected chi connectivity index (χ2v) is 8.44. The smallest absolute Gasteiger partial charge is 0.223 e. The van der Waals surface area contributed by atoms with Gasteiger partial charge in [0.05, 0.1) is 0 Å². The molecule has 118 valence electrons. The lowest BCUT2D eigenvalue weighted by Gasteiger charge is -1.95. The molecule has 2 amide bonds. The Hall–Kier alpha value is -1.24. The molecule has 2 N–H and O–H groups in total. The van der Waals surface area contributed by atoms with E-state index < -0.39 is 0 Å². The van der Waals surface area contributed by atoms with Crippen LogP contribution in [-0.2, 0) is 9.59 Å². The first-order valence-electron chi connectivity index (χ1n) is 6.00. The number of nitrogens with one attached hydrogen (secondary N) is 2. The Labute approximate surface area is 142 Å². The van der Waals surface area contributed by atoms with Gasteiger partial charge in [-0.1, -0.05) is 46.2 Å². The van der Waals surface area contributed by atoms with Crippen LogP contribution in [0.25, 0.3) is 0 Å². The lowest BCUT2D eigenvalue weighted by atomic mass is 10.7. The van der Waals surface area contributed by atoms with Crippen molar-refractivity contribution in [3.8, 4) is 0 Å². The Morgan fingerprint density at radius 1 is 0.864 bits per heavy atom. The van der Waals surface area contributed by atoms with E-state index >= 15 is 0 Å². The first-order chi connectivity index (χ1) is 10.5. The third-order valence-electron chi connectivity index (χ3n) is 1.91. The minimum absolute atomic E-state index is 0.158. The standard InChI is InChI=1S/C10H12N6O2S4/c1-5(17)11-7-13-15-9(21-7)19-3-4-20-10-16-14-8(22-10)12-6(2)18/h3-4H2,1-2H3,(H,11,13,17)(H,12,14,18). The Kier molecular flexibility index (Phi) is 6.54. The van der Waals surface area contributed by atoms with Crippen molar-refractivity contribution in [3.05, 3.63) is 0 Å². The van der Waals surface area contributed by atoms with Crippen LogP contribution in [0.5, 0.6) is 0 Å². The van der Waals surface area contributed by atoms with Gasteiger partial charge in [0.25, 0.3) is 0 Å². The summed E-state index contributed by atoms with van der Waals surface area (Å²) in [6.45, 7) is 2.87. The van der Waals surface area contributed by atoms with E-state index in [2.05, 4.69) is 31.0 Å². The largest absolute Gasteiger partial charge is 0.301 e. The van der Waals surface area contributed by atoms with Crippen LogP contribution in [0.15, 0.2) is 8.68 Å². The Morgan fingerprint density at radius 3 is 1.64 bits per heavy atom. The molecule has 0 atom stereocenters. The maximum absolute atomic E-state index is 10.9. The van der Waals surface area contributed by atoms with Gasteiger partial charge in [-0.3, -0.25) is 9.59 Å². The van der Waals surface area contributed by atoms with E-state index in [1.54, 1.807) is 23.5 Å². The molecule has 0 aromatic carbocycles. The highest BCUT2D eigenvalue weighted by molar-refractivity contribution is 8.04. The van der Waals surface area contributed by atoms with Gasteiger partial charge in [0.15, 0.2) is 8.68 Å². The Morgan fingerprint density at radius 2 is 1.27 bits per heavy atom. The van der Waals surface area contributed by atoms with Gasteiger partial charge in [-0.05, 0) is 0 Å². The van der Waals surface area contributed by atoms with Crippen molar-refractivity contribution in [2.24, 2.45) is 0 Å². The highest BCUT2D eigenvalue weighted by atomic mass is 32.2.